The zero-order chi connectivity index (χ0) is 37.1. The smallest absolute Gasteiger partial charge is 0.132 e. The molecule has 0 N–H and O–H groups in total. The molecule has 6 heterocycles. The van der Waals surface area contributed by atoms with Gasteiger partial charge in [-0.3, -0.25) is 15.0 Å². The summed E-state index contributed by atoms with van der Waals surface area (Å²) in [5.41, 5.74) is 11.5. The summed E-state index contributed by atoms with van der Waals surface area (Å²) in [4.78, 5) is 15.1. The van der Waals surface area contributed by atoms with Crippen molar-refractivity contribution >= 4 is 43.6 Å². The number of ether oxygens (including phenoxy) is 1. The maximum absolute atomic E-state index is 9.83. The molecule has 5 aromatic carbocycles. The summed E-state index contributed by atoms with van der Waals surface area (Å²) >= 11 is 0. The zero-order valence-corrected chi connectivity index (χ0v) is 29.5. The summed E-state index contributed by atoms with van der Waals surface area (Å²) in [6, 6.07) is 47.5. The Morgan fingerprint density at radius 2 is 1.00 bits per heavy atom. The van der Waals surface area contributed by atoms with Crippen LogP contribution in [0.3, 0.4) is 0 Å². The largest absolute Gasteiger partial charge is 0.457 e. The van der Waals surface area contributed by atoms with Gasteiger partial charge in [0, 0.05) is 50.0 Å². The Labute approximate surface area is 319 Å². The number of aromatic nitrogens is 5. The number of hydrogen-bond donors (Lipinski definition) is 0. The van der Waals surface area contributed by atoms with Crippen LogP contribution in [0, 0.1) is 22.7 Å². The Kier molecular flexibility index (Phi) is 5.96. The van der Waals surface area contributed by atoms with E-state index in [1.165, 1.54) is 0 Å². The average Bonchev–Trinajstić information content (AvgIpc) is 3.87. The number of pyridine rings is 3. The van der Waals surface area contributed by atoms with Gasteiger partial charge >= 0.3 is 0 Å². The van der Waals surface area contributed by atoms with Crippen molar-refractivity contribution in [2.75, 3.05) is 0 Å². The molecule has 12 rings (SSSR count). The number of benzene rings is 5. The zero-order valence-electron chi connectivity index (χ0n) is 29.5. The maximum Gasteiger partial charge on any atom is 0.132 e. The third kappa shape index (κ3) is 3.81. The van der Waals surface area contributed by atoms with Crippen molar-refractivity contribution in [3.63, 3.8) is 0 Å². The molecule has 0 saturated carbocycles. The lowest BCUT2D eigenvalue weighted by molar-refractivity contribution is 0.436. The fraction of sp³-hybridized carbons (Fsp3) is 0.0208. The molecule has 0 radical (unpaired) electrons. The molecule has 0 unspecified atom stereocenters. The first-order valence-electron chi connectivity index (χ1n) is 18.3. The summed E-state index contributed by atoms with van der Waals surface area (Å²) in [5, 5.41) is 23.7. The van der Waals surface area contributed by atoms with E-state index in [1.807, 2.05) is 85.5 Å². The highest BCUT2D eigenvalue weighted by molar-refractivity contribution is 6.11. The first-order chi connectivity index (χ1) is 27.7. The maximum atomic E-state index is 9.83. The lowest BCUT2D eigenvalue weighted by Gasteiger charge is -2.39. The normalized spacial score (nSPS) is 13.2. The fourth-order valence-corrected chi connectivity index (χ4v) is 9.36. The average molecular weight is 716 g/mol. The van der Waals surface area contributed by atoms with Crippen molar-refractivity contribution in [3.05, 3.63) is 186 Å². The number of nitrogens with zero attached hydrogens (tertiary/aromatic N) is 7. The van der Waals surface area contributed by atoms with Gasteiger partial charge in [0.25, 0.3) is 0 Å². The molecule has 8 heteroatoms. The molecule has 0 bridgehead atoms. The Morgan fingerprint density at radius 3 is 1.61 bits per heavy atom. The van der Waals surface area contributed by atoms with Gasteiger partial charge in [-0.1, -0.05) is 54.6 Å². The van der Waals surface area contributed by atoms with E-state index in [9.17, 15) is 10.5 Å². The third-order valence-electron chi connectivity index (χ3n) is 11.6. The van der Waals surface area contributed by atoms with Crippen molar-refractivity contribution < 1.29 is 4.74 Å². The van der Waals surface area contributed by atoms with Gasteiger partial charge in [0.1, 0.15) is 11.5 Å². The highest BCUT2D eigenvalue weighted by Crippen LogP contribution is 2.61. The van der Waals surface area contributed by atoms with E-state index in [2.05, 4.69) is 93.0 Å². The number of fused-ring (bicyclic) bond motifs is 15. The number of para-hydroxylation sites is 3. The molecule has 0 fully saturated rings. The van der Waals surface area contributed by atoms with E-state index in [0.29, 0.717) is 11.1 Å². The highest BCUT2D eigenvalue weighted by Gasteiger charge is 2.53. The van der Waals surface area contributed by atoms with Crippen LogP contribution in [0.4, 0.5) is 0 Å². The van der Waals surface area contributed by atoms with E-state index in [-0.39, 0.29) is 0 Å². The molecule has 56 heavy (non-hydrogen) atoms. The van der Waals surface area contributed by atoms with Gasteiger partial charge in [0.05, 0.1) is 92.1 Å². The Bertz CT molecular complexity index is 3280. The Hall–Kier alpha value is -8.07. The second-order valence-electron chi connectivity index (χ2n) is 14.3. The van der Waals surface area contributed by atoms with Crippen LogP contribution in [-0.4, -0.2) is 24.1 Å². The van der Waals surface area contributed by atoms with Gasteiger partial charge in [-0.25, -0.2) is 0 Å². The van der Waals surface area contributed by atoms with Gasteiger partial charge in [0.15, 0.2) is 0 Å². The molecule has 0 atom stereocenters. The summed E-state index contributed by atoms with van der Waals surface area (Å²) < 4.78 is 11.1. The lowest BCUT2D eigenvalue weighted by atomic mass is 9.66. The molecule has 1 spiro atoms. The Balaban J connectivity index is 1.19. The van der Waals surface area contributed by atoms with Crippen LogP contribution in [0.2, 0.25) is 0 Å². The van der Waals surface area contributed by atoms with E-state index in [1.54, 1.807) is 0 Å². The van der Waals surface area contributed by atoms with E-state index in [4.69, 9.17) is 14.7 Å². The third-order valence-corrected chi connectivity index (χ3v) is 11.6. The van der Waals surface area contributed by atoms with Gasteiger partial charge in [0.2, 0.25) is 0 Å². The topological polar surface area (TPSA) is 105 Å². The lowest BCUT2D eigenvalue weighted by Crippen LogP contribution is -2.32. The van der Waals surface area contributed by atoms with E-state index < -0.39 is 5.41 Å². The van der Waals surface area contributed by atoms with Crippen LogP contribution in [0.5, 0.6) is 11.5 Å². The van der Waals surface area contributed by atoms with Crippen molar-refractivity contribution in [3.8, 4) is 46.4 Å². The SMILES string of the molecule is N#Cc1ccc2c(c1)c1cc(C#N)ccc1n2-c1cnc2c(c1)C1(c3ccccc3Oc3ccccc31)c1cc(-n3c4ccccc4c4ccncc43)cnc1-2. The molecular weight excluding hydrogens is 691 g/mol. The van der Waals surface area contributed by atoms with Crippen molar-refractivity contribution in [2.24, 2.45) is 0 Å². The molecule has 1 aliphatic heterocycles. The second-order valence-corrected chi connectivity index (χ2v) is 14.3. The number of nitriles is 2. The van der Waals surface area contributed by atoms with Gasteiger partial charge in [-0.2, -0.15) is 10.5 Å². The van der Waals surface area contributed by atoms with Crippen LogP contribution < -0.4 is 4.74 Å². The van der Waals surface area contributed by atoms with Crippen molar-refractivity contribution in [2.45, 2.75) is 5.41 Å². The molecule has 5 aromatic heterocycles. The Morgan fingerprint density at radius 1 is 0.482 bits per heavy atom. The second kappa shape index (κ2) is 11.0. The van der Waals surface area contributed by atoms with Gasteiger partial charge < -0.3 is 13.9 Å². The first kappa shape index (κ1) is 30.4. The standard InChI is InChI=1S/C48H25N7O/c49-23-28-13-15-41-34(19-28)35-20-29(24-50)14-16-42(35)54(41)30-21-38-46(52-25-30)47-39(48(38)36-8-2-5-11-44(36)56-45-12-6-3-9-37(45)48)22-31(26-53-47)55-40-10-4-1-7-32(40)33-17-18-51-27-43(33)55/h1-22,25-27H. The molecule has 0 saturated heterocycles. The minimum Gasteiger partial charge on any atom is -0.457 e. The van der Waals surface area contributed by atoms with Gasteiger partial charge in [-0.15, -0.1) is 0 Å². The molecule has 1 aliphatic carbocycles. The summed E-state index contributed by atoms with van der Waals surface area (Å²) in [6.07, 6.45) is 7.61. The summed E-state index contributed by atoms with van der Waals surface area (Å²) in [6.45, 7) is 0. The van der Waals surface area contributed by atoms with E-state index in [0.717, 1.165) is 100 Å². The van der Waals surface area contributed by atoms with Crippen LogP contribution in [0.25, 0.3) is 66.4 Å². The van der Waals surface area contributed by atoms with Gasteiger partial charge in [-0.05, 0) is 72.8 Å². The molecule has 2 aliphatic rings. The predicted molar refractivity (Wildman–Crippen MR) is 215 cm³/mol. The predicted octanol–water partition coefficient (Wildman–Crippen LogP) is 10.3. The van der Waals surface area contributed by atoms with Crippen molar-refractivity contribution in [1.82, 2.24) is 24.1 Å². The monoisotopic (exact) mass is 715 g/mol. The summed E-state index contributed by atoms with van der Waals surface area (Å²) in [5.74, 6) is 1.54. The molecule has 0 amide bonds. The quantitative estimate of drug-likeness (QED) is 0.176. The van der Waals surface area contributed by atoms with E-state index >= 15 is 0 Å². The highest BCUT2D eigenvalue weighted by atomic mass is 16.5. The first-order valence-corrected chi connectivity index (χ1v) is 18.3. The van der Waals surface area contributed by atoms with Crippen LogP contribution >= 0.6 is 0 Å². The molecule has 258 valence electrons. The summed E-state index contributed by atoms with van der Waals surface area (Å²) in [7, 11) is 0. The number of hydrogen-bond acceptors (Lipinski definition) is 6. The van der Waals surface area contributed by atoms with Crippen molar-refractivity contribution in [1.29, 1.82) is 10.5 Å². The van der Waals surface area contributed by atoms with Crippen LogP contribution in [0.1, 0.15) is 33.4 Å². The fourth-order valence-electron chi connectivity index (χ4n) is 9.36. The molecule has 10 aromatic rings. The minimum atomic E-state index is -0.847. The molecule has 8 nitrogen and oxygen atoms in total. The molecular formula is C48H25N7O. The minimum absolute atomic E-state index is 0.553. The van der Waals surface area contributed by atoms with Crippen LogP contribution in [-0.2, 0) is 5.41 Å². The van der Waals surface area contributed by atoms with Crippen LogP contribution in [0.15, 0.2) is 152 Å². The number of rotatable bonds is 2.